The summed E-state index contributed by atoms with van der Waals surface area (Å²) in [5.41, 5.74) is 3.14. The van der Waals surface area contributed by atoms with E-state index in [9.17, 15) is 14.7 Å². The van der Waals surface area contributed by atoms with Crippen LogP contribution in [-0.2, 0) is 11.3 Å². The Kier molecular flexibility index (Phi) is 7.22. The summed E-state index contributed by atoms with van der Waals surface area (Å²) in [5.74, 6) is 0.167. The van der Waals surface area contributed by atoms with Crippen LogP contribution in [0.2, 0.25) is 5.02 Å². The lowest BCUT2D eigenvalue weighted by Gasteiger charge is -2.13. The van der Waals surface area contributed by atoms with E-state index in [1.165, 1.54) is 10.7 Å². The van der Waals surface area contributed by atoms with Crippen molar-refractivity contribution in [3.05, 3.63) is 64.8 Å². The molecule has 7 nitrogen and oxygen atoms in total. The molecule has 178 valence electrons. The van der Waals surface area contributed by atoms with Gasteiger partial charge in [-0.15, -0.1) is 0 Å². The van der Waals surface area contributed by atoms with Gasteiger partial charge in [0, 0.05) is 34.7 Å². The Bertz CT molecular complexity index is 1200. The first kappa shape index (κ1) is 23.8. The molecule has 0 bridgehead atoms. The van der Waals surface area contributed by atoms with E-state index in [1.807, 2.05) is 38.1 Å². The summed E-state index contributed by atoms with van der Waals surface area (Å²) in [6.07, 6.45) is 3.48. The van der Waals surface area contributed by atoms with E-state index in [0.29, 0.717) is 22.0 Å². The lowest BCUT2D eigenvalue weighted by Crippen LogP contribution is -2.30. The first-order valence-corrected chi connectivity index (χ1v) is 12.0. The van der Waals surface area contributed by atoms with E-state index in [0.717, 1.165) is 36.9 Å². The van der Waals surface area contributed by atoms with E-state index in [-0.39, 0.29) is 36.1 Å². The number of aromatic nitrogens is 2. The second kappa shape index (κ2) is 10.3. The highest BCUT2D eigenvalue weighted by Crippen LogP contribution is 2.42. The number of carbonyl (C=O) groups excluding carboxylic acids is 2. The maximum atomic E-state index is 13.0. The molecule has 0 saturated heterocycles. The summed E-state index contributed by atoms with van der Waals surface area (Å²) < 4.78 is 1.37. The number of anilines is 1. The van der Waals surface area contributed by atoms with Gasteiger partial charge in [0.15, 0.2) is 0 Å². The zero-order valence-electron chi connectivity index (χ0n) is 19.3. The first-order valence-electron chi connectivity index (χ1n) is 11.7. The summed E-state index contributed by atoms with van der Waals surface area (Å²) in [6.45, 7) is 4.25. The third-order valence-electron chi connectivity index (χ3n) is 6.21. The topological polar surface area (TPSA) is 96.2 Å². The first-order chi connectivity index (χ1) is 16.4. The van der Waals surface area contributed by atoms with Crippen LogP contribution in [-0.4, -0.2) is 26.8 Å². The molecule has 1 aromatic heterocycles. The number of hydrogen-bond acceptors (Lipinski definition) is 4. The highest BCUT2D eigenvalue weighted by molar-refractivity contribution is 6.31. The molecule has 4 rings (SSSR count). The van der Waals surface area contributed by atoms with Crippen molar-refractivity contribution in [1.29, 1.82) is 0 Å². The third-order valence-corrected chi connectivity index (χ3v) is 6.58. The molecule has 2 amide bonds. The lowest BCUT2D eigenvalue weighted by molar-refractivity contribution is -0.120. The molecular weight excluding hydrogens is 452 g/mol. The van der Waals surface area contributed by atoms with E-state index >= 15 is 0 Å². The van der Waals surface area contributed by atoms with Gasteiger partial charge in [-0.1, -0.05) is 43.6 Å². The maximum absolute atomic E-state index is 13.0. The summed E-state index contributed by atoms with van der Waals surface area (Å²) >= 11 is 6.20. The molecule has 3 aromatic rings. The van der Waals surface area contributed by atoms with Crippen molar-refractivity contribution in [3.8, 4) is 17.0 Å². The zero-order valence-corrected chi connectivity index (χ0v) is 20.1. The van der Waals surface area contributed by atoms with Crippen molar-refractivity contribution in [2.75, 3.05) is 5.32 Å². The van der Waals surface area contributed by atoms with E-state index < -0.39 is 0 Å². The minimum atomic E-state index is -0.356. The fourth-order valence-corrected chi connectivity index (χ4v) is 4.17. The molecule has 34 heavy (non-hydrogen) atoms. The average molecular weight is 481 g/mol. The van der Waals surface area contributed by atoms with Crippen LogP contribution in [0, 0.1) is 5.92 Å². The molecule has 8 heteroatoms. The van der Waals surface area contributed by atoms with Crippen molar-refractivity contribution in [2.45, 2.75) is 52.0 Å². The average Bonchev–Trinajstić information content (AvgIpc) is 3.58. The van der Waals surface area contributed by atoms with Crippen LogP contribution in [0.4, 0.5) is 10.5 Å². The largest absolute Gasteiger partial charge is 0.507 e. The predicted molar refractivity (Wildman–Crippen MR) is 133 cm³/mol. The summed E-state index contributed by atoms with van der Waals surface area (Å²) in [4.78, 5) is 25.5. The lowest BCUT2D eigenvalue weighted by atomic mass is 10.0. The van der Waals surface area contributed by atoms with Crippen molar-refractivity contribution in [2.24, 2.45) is 5.92 Å². The molecule has 0 radical (unpaired) electrons. The number of rotatable bonds is 8. The Hall–Kier alpha value is -3.32. The molecule has 1 fully saturated rings. The second-order valence-corrected chi connectivity index (χ2v) is 9.03. The van der Waals surface area contributed by atoms with Crippen LogP contribution in [0.25, 0.3) is 11.3 Å². The van der Waals surface area contributed by atoms with Gasteiger partial charge in [0.2, 0.25) is 5.91 Å². The Morgan fingerprint density at radius 1 is 1.15 bits per heavy atom. The van der Waals surface area contributed by atoms with E-state index in [1.54, 1.807) is 18.2 Å². The number of nitrogens with one attached hydrogen (secondary N) is 2. The Labute approximate surface area is 204 Å². The van der Waals surface area contributed by atoms with Crippen LogP contribution < -0.4 is 10.6 Å². The number of phenolic OH excluding ortho intramolecular Hbond substituents is 1. The smallest absolute Gasteiger partial charge is 0.342 e. The van der Waals surface area contributed by atoms with Crippen molar-refractivity contribution in [3.63, 3.8) is 0 Å². The monoisotopic (exact) mass is 480 g/mol. The normalized spacial score (nSPS) is 13.2. The molecule has 1 heterocycles. The van der Waals surface area contributed by atoms with Crippen LogP contribution in [0.1, 0.15) is 56.7 Å². The molecular formula is C26H29ClN4O3. The van der Waals surface area contributed by atoms with Crippen molar-refractivity contribution in [1.82, 2.24) is 15.1 Å². The van der Waals surface area contributed by atoms with E-state index in [2.05, 4.69) is 15.7 Å². The van der Waals surface area contributed by atoms with Gasteiger partial charge in [-0.05, 0) is 61.6 Å². The Morgan fingerprint density at radius 3 is 2.56 bits per heavy atom. The van der Waals surface area contributed by atoms with Gasteiger partial charge in [-0.2, -0.15) is 9.78 Å². The molecule has 0 unspecified atom stereocenters. The van der Waals surface area contributed by atoms with Crippen LogP contribution in [0.5, 0.6) is 5.75 Å². The SMILES string of the molecule is CCC(CC)C(=O)Nc1ccc(O)c(-c2cc(C3CC3)n(C(=O)NCc3ccccc3Cl)n2)c1. The van der Waals surface area contributed by atoms with Crippen LogP contribution in [0.15, 0.2) is 48.5 Å². The minimum Gasteiger partial charge on any atom is -0.507 e. The number of carbonyl (C=O) groups is 2. The van der Waals surface area contributed by atoms with Gasteiger partial charge >= 0.3 is 6.03 Å². The molecule has 3 N–H and O–H groups in total. The van der Waals surface area contributed by atoms with Crippen molar-refractivity contribution >= 4 is 29.2 Å². The molecule has 1 aliphatic rings. The van der Waals surface area contributed by atoms with Gasteiger partial charge < -0.3 is 15.7 Å². The molecule has 1 aliphatic carbocycles. The number of aromatic hydroxyl groups is 1. The second-order valence-electron chi connectivity index (χ2n) is 8.63. The zero-order chi connectivity index (χ0) is 24.2. The molecule has 0 aliphatic heterocycles. The van der Waals surface area contributed by atoms with Crippen molar-refractivity contribution < 1.29 is 14.7 Å². The van der Waals surface area contributed by atoms with Gasteiger partial charge in [-0.3, -0.25) is 4.79 Å². The van der Waals surface area contributed by atoms with Gasteiger partial charge in [0.05, 0.1) is 11.4 Å². The molecule has 0 spiro atoms. The number of hydrogen-bond donors (Lipinski definition) is 3. The van der Waals surface area contributed by atoms with Gasteiger partial charge in [0.25, 0.3) is 0 Å². The highest BCUT2D eigenvalue weighted by atomic mass is 35.5. The number of amides is 2. The highest BCUT2D eigenvalue weighted by Gasteiger charge is 2.31. The van der Waals surface area contributed by atoms with E-state index in [4.69, 9.17) is 11.6 Å². The van der Waals surface area contributed by atoms with Gasteiger partial charge in [-0.25, -0.2) is 4.79 Å². The predicted octanol–water partition coefficient (Wildman–Crippen LogP) is 5.92. The van der Waals surface area contributed by atoms with Crippen LogP contribution >= 0.6 is 11.6 Å². The molecule has 1 saturated carbocycles. The van der Waals surface area contributed by atoms with Crippen LogP contribution in [0.3, 0.4) is 0 Å². The number of nitrogens with zero attached hydrogens (tertiary/aromatic N) is 2. The number of benzene rings is 2. The third kappa shape index (κ3) is 5.25. The summed E-state index contributed by atoms with van der Waals surface area (Å²) in [5, 5.41) is 21.4. The Balaban J connectivity index is 1.58. The van der Waals surface area contributed by atoms with Gasteiger partial charge in [0.1, 0.15) is 5.75 Å². The standard InChI is InChI=1S/C26H29ClN4O3/c1-3-16(4-2)25(33)29-19-11-12-24(32)20(13-19)22-14-23(17-9-10-17)31(30-22)26(34)28-15-18-7-5-6-8-21(18)27/h5-8,11-14,16-17,32H,3-4,9-10,15H2,1-2H3,(H,28,34)(H,29,33). The quantitative estimate of drug-likeness (QED) is 0.349. The Morgan fingerprint density at radius 2 is 1.88 bits per heavy atom. The summed E-state index contributed by atoms with van der Waals surface area (Å²) in [7, 11) is 0. The number of phenols is 1. The fraction of sp³-hybridized carbons (Fsp3) is 0.346. The number of halogens is 1. The summed E-state index contributed by atoms with van der Waals surface area (Å²) in [6, 6.07) is 13.7. The maximum Gasteiger partial charge on any atom is 0.342 e. The fourth-order valence-electron chi connectivity index (χ4n) is 3.97. The molecule has 0 atom stereocenters. The minimum absolute atomic E-state index is 0.0315. The molecule has 2 aromatic carbocycles.